The van der Waals surface area contributed by atoms with Crippen LogP contribution in [0.1, 0.15) is 63.0 Å². The van der Waals surface area contributed by atoms with E-state index in [1.54, 1.807) is 13.0 Å². The van der Waals surface area contributed by atoms with Crippen molar-refractivity contribution in [3.63, 3.8) is 0 Å². The number of nitrogens with zero attached hydrogens (tertiary/aromatic N) is 1. The number of para-hydroxylation sites is 1. The minimum Gasteiger partial charge on any atom is -0.466 e. The first-order valence-electron chi connectivity index (χ1n) is 10.3. The molecule has 2 aromatic rings. The van der Waals surface area contributed by atoms with Crippen molar-refractivity contribution in [1.82, 2.24) is 4.57 Å². The van der Waals surface area contributed by atoms with Crippen LogP contribution in [0, 0.1) is 5.41 Å². The van der Waals surface area contributed by atoms with Crippen molar-refractivity contribution in [3.8, 4) is 0 Å². The SMILES string of the molecule is C=CC[C@]1(CC(=O)OCC)CCc2c(c3ccccc3n2C(=O)OC(C)(C)C)C1=O. The molecular formula is C24H29NO5. The molecule has 0 N–H and O–H groups in total. The normalized spacial score (nSPS) is 18.7. The molecule has 1 heterocycles. The van der Waals surface area contributed by atoms with E-state index in [9.17, 15) is 14.4 Å². The van der Waals surface area contributed by atoms with Crippen molar-refractivity contribution < 1.29 is 23.9 Å². The Morgan fingerprint density at radius 1 is 1.27 bits per heavy atom. The second-order valence-corrected chi connectivity index (χ2v) is 8.74. The van der Waals surface area contributed by atoms with Crippen molar-refractivity contribution in [3.05, 3.63) is 48.2 Å². The van der Waals surface area contributed by atoms with Gasteiger partial charge in [-0.05, 0) is 53.0 Å². The number of aromatic nitrogens is 1. The van der Waals surface area contributed by atoms with Crippen LogP contribution in [0.5, 0.6) is 0 Å². The van der Waals surface area contributed by atoms with Gasteiger partial charge in [-0.3, -0.25) is 9.59 Å². The topological polar surface area (TPSA) is 74.6 Å². The zero-order chi connectivity index (χ0) is 22.1. The van der Waals surface area contributed by atoms with Gasteiger partial charge < -0.3 is 9.47 Å². The van der Waals surface area contributed by atoms with Gasteiger partial charge in [0.15, 0.2) is 5.78 Å². The van der Waals surface area contributed by atoms with Gasteiger partial charge in [0.2, 0.25) is 0 Å². The van der Waals surface area contributed by atoms with E-state index in [1.807, 2.05) is 45.0 Å². The van der Waals surface area contributed by atoms with E-state index in [0.717, 1.165) is 0 Å². The van der Waals surface area contributed by atoms with E-state index in [0.29, 0.717) is 41.4 Å². The minimum atomic E-state index is -0.913. The summed E-state index contributed by atoms with van der Waals surface area (Å²) < 4.78 is 12.3. The van der Waals surface area contributed by atoms with Crippen molar-refractivity contribution in [2.75, 3.05) is 6.61 Å². The highest BCUT2D eigenvalue weighted by Crippen LogP contribution is 2.45. The highest BCUT2D eigenvalue weighted by atomic mass is 16.6. The molecule has 1 atom stereocenters. The Morgan fingerprint density at radius 2 is 1.97 bits per heavy atom. The van der Waals surface area contributed by atoms with Crippen LogP contribution in [-0.2, 0) is 20.7 Å². The Hall–Kier alpha value is -2.89. The molecule has 0 unspecified atom stereocenters. The van der Waals surface area contributed by atoms with E-state index in [1.165, 1.54) is 4.57 Å². The van der Waals surface area contributed by atoms with Crippen molar-refractivity contribution in [2.24, 2.45) is 5.41 Å². The van der Waals surface area contributed by atoms with E-state index >= 15 is 0 Å². The Kier molecular flexibility index (Phi) is 5.88. The van der Waals surface area contributed by atoms with Crippen LogP contribution in [-0.4, -0.2) is 34.6 Å². The molecule has 0 spiro atoms. The fourth-order valence-electron chi connectivity index (χ4n) is 4.24. The third-order valence-corrected chi connectivity index (χ3v) is 5.42. The van der Waals surface area contributed by atoms with Crippen LogP contribution in [0.4, 0.5) is 4.79 Å². The molecule has 0 saturated carbocycles. The van der Waals surface area contributed by atoms with Crippen LogP contribution in [0.3, 0.4) is 0 Å². The number of allylic oxidation sites excluding steroid dienone is 1. The monoisotopic (exact) mass is 411 g/mol. The number of benzene rings is 1. The molecule has 0 radical (unpaired) electrons. The van der Waals surface area contributed by atoms with Gasteiger partial charge in [0, 0.05) is 22.1 Å². The number of Topliss-reactive ketones (excluding diaryl/α,β-unsaturated/α-hetero) is 1. The molecule has 6 nitrogen and oxygen atoms in total. The smallest absolute Gasteiger partial charge is 0.419 e. The molecule has 1 aliphatic rings. The Morgan fingerprint density at radius 3 is 2.60 bits per heavy atom. The summed E-state index contributed by atoms with van der Waals surface area (Å²) in [5, 5.41) is 0.695. The minimum absolute atomic E-state index is 0.00290. The maximum Gasteiger partial charge on any atom is 0.419 e. The first-order chi connectivity index (χ1) is 14.1. The molecule has 1 aliphatic carbocycles. The Labute approximate surface area is 176 Å². The van der Waals surface area contributed by atoms with Crippen LogP contribution >= 0.6 is 0 Å². The number of carbonyl (C=O) groups excluding carboxylic acids is 3. The van der Waals surface area contributed by atoms with E-state index in [-0.39, 0.29) is 18.8 Å². The molecule has 0 fully saturated rings. The number of hydrogen-bond donors (Lipinski definition) is 0. The number of ether oxygens (including phenoxy) is 2. The molecule has 30 heavy (non-hydrogen) atoms. The zero-order valence-electron chi connectivity index (χ0n) is 18.1. The first kappa shape index (κ1) is 21.8. The number of carbonyl (C=O) groups is 3. The quantitative estimate of drug-likeness (QED) is 0.507. The number of rotatable bonds is 5. The second-order valence-electron chi connectivity index (χ2n) is 8.74. The molecule has 1 aromatic carbocycles. The lowest BCUT2D eigenvalue weighted by Gasteiger charge is -2.34. The van der Waals surface area contributed by atoms with Gasteiger partial charge in [0.1, 0.15) is 5.60 Å². The molecule has 0 aliphatic heterocycles. The Balaban J connectivity index is 2.15. The molecule has 0 bridgehead atoms. The molecule has 6 heteroatoms. The average Bonchev–Trinajstić information content (AvgIpc) is 2.99. The predicted octanol–water partition coefficient (Wildman–Crippen LogP) is 5.07. The second kappa shape index (κ2) is 8.09. The first-order valence-corrected chi connectivity index (χ1v) is 10.3. The van der Waals surface area contributed by atoms with E-state index in [4.69, 9.17) is 9.47 Å². The van der Waals surface area contributed by atoms with Crippen LogP contribution in [0.15, 0.2) is 36.9 Å². The molecule has 3 rings (SSSR count). The van der Waals surface area contributed by atoms with Gasteiger partial charge in [-0.15, -0.1) is 6.58 Å². The number of hydrogen-bond acceptors (Lipinski definition) is 5. The highest BCUT2D eigenvalue weighted by Gasteiger charge is 2.46. The summed E-state index contributed by atoms with van der Waals surface area (Å²) in [6.45, 7) is 11.2. The van der Waals surface area contributed by atoms with Gasteiger partial charge in [-0.2, -0.15) is 0 Å². The molecule has 0 amide bonds. The largest absolute Gasteiger partial charge is 0.466 e. The van der Waals surface area contributed by atoms with Crippen LogP contribution in [0.2, 0.25) is 0 Å². The average molecular weight is 411 g/mol. The third kappa shape index (κ3) is 3.91. The van der Waals surface area contributed by atoms with E-state index < -0.39 is 23.1 Å². The Bertz CT molecular complexity index is 1010. The van der Waals surface area contributed by atoms with Crippen LogP contribution in [0.25, 0.3) is 10.9 Å². The molecule has 160 valence electrons. The van der Waals surface area contributed by atoms with Gasteiger partial charge in [0.25, 0.3) is 0 Å². The lowest BCUT2D eigenvalue weighted by molar-refractivity contribution is -0.145. The highest BCUT2D eigenvalue weighted by molar-refractivity contribution is 6.15. The van der Waals surface area contributed by atoms with Crippen LogP contribution < -0.4 is 0 Å². The summed E-state index contributed by atoms with van der Waals surface area (Å²) in [6.07, 6.45) is 2.45. The maximum atomic E-state index is 13.8. The predicted molar refractivity (Wildman–Crippen MR) is 115 cm³/mol. The summed E-state index contributed by atoms with van der Waals surface area (Å²) in [7, 11) is 0. The van der Waals surface area contributed by atoms with Gasteiger partial charge in [-0.25, -0.2) is 9.36 Å². The summed E-state index contributed by atoms with van der Waals surface area (Å²) in [5.74, 6) is -0.540. The van der Waals surface area contributed by atoms with Gasteiger partial charge in [-0.1, -0.05) is 24.3 Å². The summed E-state index contributed by atoms with van der Waals surface area (Å²) in [5.41, 5.74) is 0.192. The maximum absolute atomic E-state index is 13.8. The molecule has 0 saturated heterocycles. The van der Waals surface area contributed by atoms with E-state index in [2.05, 4.69) is 6.58 Å². The van der Waals surface area contributed by atoms with Crippen molar-refractivity contribution >= 4 is 28.7 Å². The van der Waals surface area contributed by atoms with Crippen molar-refractivity contribution in [1.29, 1.82) is 0 Å². The van der Waals surface area contributed by atoms with Gasteiger partial charge >= 0.3 is 12.1 Å². The number of fused-ring (bicyclic) bond motifs is 3. The fraction of sp³-hybridized carbons (Fsp3) is 0.458. The standard InChI is InChI=1S/C24H29NO5/c1-6-13-24(15-19(26)29-7-2)14-12-18-20(21(24)27)16-10-8-9-11-17(16)25(18)22(28)30-23(3,4)5/h6,8-11H,1,7,12-15H2,2-5H3/t24-/m1/s1. The lowest BCUT2D eigenvalue weighted by atomic mass is 9.67. The third-order valence-electron chi connectivity index (χ3n) is 5.42. The summed E-state index contributed by atoms with van der Waals surface area (Å²) >= 11 is 0. The van der Waals surface area contributed by atoms with Gasteiger partial charge in [0.05, 0.1) is 18.5 Å². The number of ketones is 1. The summed E-state index contributed by atoms with van der Waals surface area (Å²) in [4.78, 5) is 39.1. The molecule has 1 aromatic heterocycles. The lowest BCUT2D eigenvalue weighted by Crippen LogP contribution is -2.39. The molecular weight excluding hydrogens is 382 g/mol. The summed E-state index contributed by atoms with van der Waals surface area (Å²) in [6, 6.07) is 7.31. The number of esters is 1. The van der Waals surface area contributed by atoms with Crippen molar-refractivity contribution in [2.45, 2.75) is 59.0 Å². The zero-order valence-corrected chi connectivity index (χ0v) is 18.1. The fourth-order valence-corrected chi connectivity index (χ4v) is 4.24.